The Kier molecular flexibility index (Phi) is 11.7. The number of ketones is 1. The highest BCUT2D eigenvalue weighted by molar-refractivity contribution is 8.03. The lowest BCUT2D eigenvalue weighted by Crippen LogP contribution is -2.16. The predicted molar refractivity (Wildman–Crippen MR) is 138 cm³/mol. The van der Waals surface area contributed by atoms with Crippen LogP contribution in [-0.4, -0.2) is 17.5 Å². The van der Waals surface area contributed by atoms with Crippen molar-refractivity contribution in [2.45, 2.75) is 50.8 Å². The summed E-state index contributed by atoms with van der Waals surface area (Å²) in [7, 11) is 0. The first-order chi connectivity index (χ1) is 16.0. The molecule has 0 aromatic heterocycles. The summed E-state index contributed by atoms with van der Waals surface area (Å²) in [5, 5.41) is 3.97. The van der Waals surface area contributed by atoms with Crippen molar-refractivity contribution in [3.8, 4) is 0 Å². The van der Waals surface area contributed by atoms with Gasteiger partial charge in [-0.1, -0.05) is 92.2 Å². The largest absolute Gasteiger partial charge is 0.365 e. The minimum absolute atomic E-state index is 0.218. The average Bonchev–Trinajstić information content (AvgIpc) is 2.84. The number of Topliss-reactive ketones (excluding diaryl/α,β-unsaturated/α-hetero) is 1. The number of carbonyl (C=O) groups is 2. The molecule has 0 saturated heterocycles. The Morgan fingerprint density at radius 1 is 0.970 bits per heavy atom. The minimum Gasteiger partial charge on any atom is -0.312 e. The van der Waals surface area contributed by atoms with E-state index >= 15 is 0 Å². The van der Waals surface area contributed by atoms with Crippen molar-refractivity contribution in [3.05, 3.63) is 102 Å². The van der Waals surface area contributed by atoms with Crippen LogP contribution >= 0.6 is 11.8 Å². The molecule has 0 saturated carbocycles. The lowest BCUT2D eigenvalue weighted by Gasteiger charge is -2.07. The zero-order chi connectivity index (χ0) is 23.9. The molecule has 0 aliphatic rings. The Morgan fingerprint density at radius 2 is 1.70 bits per heavy atom. The van der Waals surface area contributed by atoms with Gasteiger partial charge in [-0.05, 0) is 61.1 Å². The number of nitrogens with zero attached hydrogens (tertiary/aromatic N) is 1. The lowest BCUT2D eigenvalue weighted by atomic mass is 10.0. The van der Waals surface area contributed by atoms with E-state index < -0.39 is 5.97 Å². The molecular formula is C28H31NO3S. The first-order valence-electron chi connectivity index (χ1n) is 11.2. The van der Waals surface area contributed by atoms with Crippen molar-refractivity contribution < 1.29 is 14.4 Å². The van der Waals surface area contributed by atoms with E-state index in [9.17, 15) is 9.59 Å². The second kappa shape index (κ2) is 14.8. The topological polar surface area (TPSA) is 55.7 Å². The summed E-state index contributed by atoms with van der Waals surface area (Å²) in [6.45, 7) is 7.82. The standard InChI is InChI=1S/C28H31NO3S/c1-4-6-8-13-17-26(29-32-28(31)24-15-11-9-12-16-24)27(30)23-18-20-25(21-19-23)33-22(3)14-10-7-5-2/h5,7,9-12,14-16,18-21H,2,4,6,8,13,17H2,1,3H3/b10-7-,22-14+,29-26-. The summed E-state index contributed by atoms with van der Waals surface area (Å²) in [5.74, 6) is -0.793. The van der Waals surface area contributed by atoms with Crippen molar-refractivity contribution >= 4 is 29.2 Å². The normalized spacial score (nSPS) is 12.1. The molecule has 0 heterocycles. The van der Waals surface area contributed by atoms with Crippen LogP contribution in [0.15, 0.2) is 100 Å². The monoisotopic (exact) mass is 461 g/mol. The first kappa shape index (κ1) is 26.1. The van der Waals surface area contributed by atoms with Crippen LogP contribution in [0.1, 0.15) is 66.7 Å². The molecule has 0 radical (unpaired) electrons. The third kappa shape index (κ3) is 9.46. The maximum atomic E-state index is 13.1. The summed E-state index contributed by atoms with van der Waals surface area (Å²) >= 11 is 1.62. The van der Waals surface area contributed by atoms with Crippen LogP contribution in [-0.2, 0) is 4.84 Å². The van der Waals surface area contributed by atoms with E-state index in [1.165, 1.54) is 0 Å². The zero-order valence-corrected chi connectivity index (χ0v) is 20.1. The second-order valence-electron chi connectivity index (χ2n) is 7.45. The van der Waals surface area contributed by atoms with Crippen molar-refractivity contribution in [1.82, 2.24) is 0 Å². The van der Waals surface area contributed by atoms with Crippen LogP contribution in [0, 0.1) is 0 Å². The van der Waals surface area contributed by atoms with E-state index in [1.54, 1.807) is 54.2 Å². The molecule has 0 amide bonds. The molecule has 2 aromatic rings. The molecule has 0 fully saturated rings. The van der Waals surface area contributed by atoms with Crippen LogP contribution in [0.2, 0.25) is 0 Å². The maximum absolute atomic E-state index is 13.1. The van der Waals surface area contributed by atoms with Gasteiger partial charge in [-0.15, -0.1) is 0 Å². The lowest BCUT2D eigenvalue weighted by molar-refractivity contribution is 0.0514. The van der Waals surface area contributed by atoms with Gasteiger partial charge >= 0.3 is 5.97 Å². The molecule has 0 bridgehead atoms. The number of hydrogen-bond acceptors (Lipinski definition) is 5. The Morgan fingerprint density at radius 3 is 2.36 bits per heavy atom. The number of benzene rings is 2. The van der Waals surface area contributed by atoms with E-state index in [-0.39, 0.29) is 11.5 Å². The van der Waals surface area contributed by atoms with Crippen molar-refractivity contribution in [3.63, 3.8) is 0 Å². The minimum atomic E-state index is -0.575. The van der Waals surface area contributed by atoms with Gasteiger partial charge < -0.3 is 4.84 Å². The van der Waals surface area contributed by atoms with Crippen LogP contribution in [0.3, 0.4) is 0 Å². The van der Waals surface area contributed by atoms with E-state index in [4.69, 9.17) is 4.84 Å². The molecule has 2 rings (SSSR count). The van der Waals surface area contributed by atoms with Crippen LogP contribution in [0.5, 0.6) is 0 Å². The number of thioether (sulfide) groups is 1. The number of carbonyl (C=O) groups excluding carboxylic acids is 2. The molecule has 33 heavy (non-hydrogen) atoms. The van der Waals surface area contributed by atoms with E-state index in [1.807, 2.05) is 43.4 Å². The van der Waals surface area contributed by atoms with Crippen molar-refractivity contribution in [1.29, 1.82) is 0 Å². The highest BCUT2D eigenvalue weighted by Crippen LogP contribution is 2.26. The summed E-state index contributed by atoms with van der Waals surface area (Å²) in [4.78, 5) is 32.6. The fourth-order valence-corrected chi connectivity index (χ4v) is 3.76. The van der Waals surface area contributed by atoms with Gasteiger partial charge in [0.25, 0.3) is 0 Å². The molecule has 0 aliphatic heterocycles. The third-order valence-corrected chi connectivity index (χ3v) is 5.72. The van der Waals surface area contributed by atoms with Gasteiger partial charge in [0.15, 0.2) is 0 Å². The Hall–Kier alpha value is -3.18. The average molecular weight is 462 g/mol. The van der Waals surface area contributed by atoms with Gasteiger partial charge in [0.1, 0.15) is 5.71 Å². The van der Waals surface area contributed by atoms with E-state index in [0.717, 1.165) is 35.5 Å². The number of rotatable bonds is 13. The smallest absolute Gasteiger partial charge is 0.312 e. The van der Waals surface area contributed by atoms with Crippen molar-refractivity contribution in [2.24, 2.45) is 5.16 Å². The van der Waals surface area contributed by atoms with Crippen molar-refractivity contribution in [2.75, 3.05) is 0 Å². The zero-order valence-electron chi connectivity index (χ0n) is 19.3. The maximum Gasteiger partial charge on any atom is 0.365 e. The molecule has 0 unspecified atom stereocenters. The molecule has 0 aliphatic carbocycles. The van der Waals surface area contributed by atoms with Gasteiger partial charge in [0, 0.05) is 10.5 Å². The fraction of sp³-hybridized carbons (Fsp3) is 0.250. The molecule has 5 heteroatoms. The third-order valence-electron chi connectivity index (χ3n) is 4.75. The summed E-state index contributed by atoms with van der Waals surface area (Å²) in [6.07, 6.45) is 12.0. The fourth-order valence-electron chi connectivity index (χ4n) is 2.97. The quantitative estimate of drug-likeness (QED) is 0.0581. The highest BCUT2D eigenvalue weighted by atomic mass is 32.2. The number of allylic oxidation sites excluding steroid dienone is 5. The van der Waals surface area contributed by atoms with Gasteiger partial charge in [0.2, 0.25) is 5.78 Å². The van der Waals surface area contributed by atoms with E-state index in [2.05, 4.69) is 18.7 Å². The Bertz CT molecular complexity index is 1010. The van der Waals surface area contributed by atoms with Gasteiger partial charge in [-0.3, -0.25) is 4.79 Å². The number of oxime groups is 1. The Balaban J connectivity index is 2.12. The molecule has 0 atom stereocenters. The summed E-state index contributed by atoms with van der Waals surface area (Å²) < 4.78 is 0. The molecule has 0 N–H and O–H groups in total. The molecule has 0 spiro atoms. The van der Waals surface area contributed by atoms with Crippen LogP contribution < -0.4 is 0 Å². The summed E-state index contributed by atoms with van der Waals surface area (Å²) in [6, 6.07) is 16.0. The Labute approximate surface area is 201 Å². The van der Waals surface area contributed by atoms with Crippen LogP contribution in [0.25, 0.3) is 0 Å². The molecule has 2 aromatic carbocycles. The molecule has 172 valence electrons. The second-order valence-corrected chi connectivity index (χ2v) is 8.77. The van der Waals surface area contributed by atoms with Gasteiger partial charge in [-0.2, -0.15) is 0 Å². The molecular weight excluding hydrogens is 430 g/mol. The number of unbranched alkanes of at least 4 members (excludes halogenated alkanes) is 3. The molecule has 4 nitrogen and oxygen atoms in total. The SMILES string of the molecule is C=C/C=C\C=C(/C)Sc1ccc(C(=O)/C(CCCCCC)=N\OC(=O)c2ccccc2)cc1. The van der Waals surface area contributed by atoms with Crippen LogP contribution in [0.4, 0.5) is 0 Å². The van der Waals surface area contributed by atoms with Gasteiger partial charge in [0.05, 0.1) is 5.56 Å². The highest BCUT2D eigenvalue weighted by Gasteiger charge is 2.16. The first-order valence-corrected chi connectivity index (χ1v) is 12.0. The van der Waals surface area contributed by atoms with Gasteiger partial charge in [-0.25, -0.2) is 4.79 Å². The van der Waals surface area contributed by atoms with E-state index in [0.29, 0.717) is 17.5 Å². The predicted octanol–water partition coefficient (Wildman–Crippen LogP) is 7.79. The number of hydrogen-bond donors (Lipinski definition) is 0. The summed E-state index contributed by atoms with van der Waals surface area (Å²) in [5.41, 5.74) is 1.19.